The minimum absolute atomic E-state index is 0. The fraction of sp³-hybridized carbons (Fsp3) is 0.750. The van der Waals surface area contributed by atoms with Crippen molar-refractivity contribution in [2.75, 3.05) is 13.7 Å². The van der Waals surface area contributed by atoms with E-state index in [-0.39, 0.29) is 24.8 Å². The van der Waals surface area contributed by atoms with Crippen LogP contribution in [-0.4, -0.2) is 30.8 Å². The van der Waals surface area contributed by atoms with E-state index in [4.69, 9.17) is 16.2 Å². The summed E-state index contributed by atoms with van der Waals surface area (Å²) in [5, 5.41) is 15.3. The van der Waals surface area contributed by atoms with Crippen LogP contribution < -0.4 is 5.73 Å². The maximum atomic E-state index is 8.65. The third kappa shape index (κ3) is 5.55. The molecule has 0 rings (SSSR count). The highest BCUT2D eigenvalue weighted by Gasteiger charge is 2.03. The van der Waals surface area contributed by atoms with Crippen LogP contribution in [-0.2, 0) is 4.74 Å². The summed E-state index contributed by atoms with van der Waals surface area (Å²) in [7, 11) is 1.44. The largest absolute Gasteiger partial charge is 0.385 e. The number of halogens is 1. The molecule has 0 amide bonds. The molecule has 0 saturated heterocycles. The van der Waals surface area contributed by atoms with E-state index in [9.17, 15) is 0 Å². The van der Waals surface area contributed by atoms with E-state index >= 15 is 0 Å². The molecule has 0 aromatic carbocycles. The smallest absolute Gasteiger partial charge is 0.134 e. The van der Waals surface area contributed by atoms with Gasteiger partial charge in [-0.3, -0.25) is 5.41 Å². The van der Waals surface area contributed by atoms with Crippen LogP contribution in [0, 0.1) is 5.41 Å². The van der Waals surface area contributed by atoms with Crippen LogP contribution in [0.3, 0.4) is 0 Å². The molecule has 1 atom stereocenters. The summed E-state index contributed by atoms with van der Waals surface area (Å²) in [5.41, 5.74) is 4.88. The van der Waals surface area contributed by atoms with Crippen molar-refractivity contribution in [3.05, 3.63) is 0 Å². The van der Waals surface area contributed by atoms with E-state index in [1.165, 1.54) is 7.11 Å². The number of aliphatic hydroxyl groups excluding tert-OH is 1. The summed E-state index contributed by atoms with van der Waals surface area (Å²) in [6, 6.07) is 0. The number of amidine groups is 1. The van der Waals surface area contributed by atoms with Gasteiger partial charge in [-0.1, -0.05) is 0 Å². The molecule has 0 spiro atoms. The van der Waals surface area contributed by atoms with Crippen molar-refractivity contribution >= 4 is 18.2 Å². The maximum absolute atomic E-state index is 8.65. The lowest BCUT2D eigenvalue weighted by Crippen LogP contribution is -2.31. The monoisotopic (exact) mass is 154 g/mol. The number of nitrogens with two attached hydrogens (primary N) is 1. The zero-order valence-electron chi connectivity index (χ0n) is 5.13. The molecule has 4 nitrogen and oxygen atoms in total. The van der Waals surface area contributed by atoms with Crippen molar-refractivity contribution in [3.8, 4) is 0 Å². The first-order chi connectivity index (χ1) is 3.68. The summed E-state index contributed by atoms with van der Waals surface area (Å²) in [5.74, 6) is -0.258. The standard InChI is InChI=1S/C4H10N2O2.ClH/c1-8-2-3(7)4(5)6;/h3,7H,2H2,1H3,(H3,5,6);1H. The molecule has 9 heavy (non-hydrogen) atoms. The molecule has 4 N–H and O–H groups in total. The first-order valence-corrected chi connectivity index (χ1v) is 2.19. The number of hydrogen-bond acceptors (Lipinski definition) is 3. The van der Waals surface area contributed by atoms with Crippen molar-refractivity contribution < 1.29 is 9.84 Å². The van der Waals surface area contributed by atoms with E-state index in [1.807, 2.05) is 0 Å². The number of methoxy groups -OCH3 is 1. The summed E-state index contributed by atoms with van der Waals surface area (Å²) >= 11 is 0. The van der Waals surface area contributed by atoms with Gasteiger partial charge in [-0.05, 0) is 0 Å². The second-order valence-corrected chi connectivity index (χ2v) is 1.43. The van der Waals surface area contributed by atoms with Gasteiger partial charge in [0.25, 0.3) is 0 Å². The fourth-order valence-corrected chi connectivity index (χ4v) is 0.248. The van der Waals surface area contributed by atoms with E-state index in [2.05, 4.69) is 4.74 Å². The summed E-state index contributed by atoms with van der Waals surface area (Å²) < 4.78 is 4.49. The van der Waals surface area contributed by atoms with E-state index in [0.717, 1.165) is 0 Å². The lowest BCUT2D eigenvalue weighted by atomic mass is 10.4. The minimum atomic E-state index is -0.944. The third-order valence-corrected chi connectivity index (χ3v) is 0.684. The Labute approximate surface area is 59.9 Å². The average molecular weight is 155 g/mol. The zero-order valence-corrected chi connectivity index (χ0v) is 5.94. The van der Waals surface area contributed by atoms with Crippen LogP contribution in [0.4, 0.5) is 0 Å². The number of ether oxygens (including phenoxy) is 1. The van der Waals surface area contributed by atoms with Gasteiger partial charge in [0.2, 0.25) is 0 Å². The third-order valence-electron chi connectivity index (χ3n) is 0.684. The molecule has 0 radical (unpaired) electrons. The van der Waals surface area contributed by atoms with Gasteiger partial charge in [0.1, 0.15) is 11.9 Å². The van der Waals surface area contributed by atoms with Crippen LogP contribution in [0.25, 0.3) is 0 Å². The van der Waals surface area contributed by atoms with Gasteiger partial charge in [-0.15, -0.1) is 12.4 Å². The maximum Gasteiger partial charge on any atom is 0.134 e. The Morgan fingerprint density at radius 2 is 2.33 bits per heavy atom. The summed E-state index contributed by atoms with van der Waals surface area (Å²) in [4.78, 5) is 0. The number of nitrogens with one attached hydrogen (secondary N) is 1. The SMILES string of the molecule is COCC(O)C(=N)N.Cl. The average Bonchev–Trinajstić information content (AvgIpc) is 1.67. The molecule has 0 aliphatic heterocycles. The lowest BCUT2D eigenvalue weighted by molar-refractivity contribution is 0.103. The Morgan fingerprint density at radius 1 is 1.89 bits per heavy atom. The van der Waals surface area contributed by atoms with Crippen LogP contribution in [0.5, 0.6) is 0 Å². The molecule has 0 aliphatic carbocycles. The number of rotatable bonds is 3. The second kappa shape index (κ2) is 5.81. The molecule has 0 aromatic heterocycles. The van der Waals surface area contributed by atoms with Crippen molar-refractivity contribution in [2.45, 2.75) is 6.10 Å². The summed E-state index contributed by atoms with van der Waals surface area (Å²) in [6.45, 7) is 0.0926. The molecule has 1 unspecified atom stereocenters. The number of aliphatic hydroxyl groups is 1. The van der Waals surface area contributed by atoms with Gasteiger partial charge in [0, 0.05) is 7.11 Å². The molecule has 0 aromatic rings. The van der Waals surface area contributed by atoms with Crippen molar-refractivity contribution in [1.82, 2.24) is 0 Å². The molecular formula is C4H11ClN2O2. The summed E-state index contributed by atoms with van der Waals surface area (Å²) in [6.07, 6.45) is -0.944. The van der Waals surface area contributed by atoms with E-state index < -0.39 is 6.10 Å². The van der Waals surface area contributed by atoms with Crippen LogP contribution >= 0.6 is 12.4 Å². The Bertz CT molecular complexity index is 88.6. The zero-order chi connectivity index (χ0) is 6.57. The normalized spacial score (nSPS) is 11.8. The predicted octanol–water partition coefficient (Wildman–Crippen LogP) is -0.649. The molecule has 0 fully saturated rings. The highest BCUT2D eigenvalue weighted by Crippen LogP contribution is 1.79. The van der Waals surface area contributed by atoms with Crippen molar-refractivity contribution in [1.29, 1.82) is 5.41 Å². The Kier molecular flexibility index (Phi) is 7.41. The molecule has 56 valence electrons. The predicted molar refractivity (Wildman–Crippen MR) is 37.0 cm³/mol. The van der Waals surface area contributed by atoms with Gasteiger partial charge < -0.3 is 15.6 Å². The molecular weight excluding hydrogens is 144 g/mol. The quantitative estimate of drug-likeness (QED) is 0.374. The molecule has 0 saturated carbocycles. The van der Waals surface area contributed by atoms with Gasteiger partial charge in [-0.2, -0.15) is 0 Å². The molecule has 0 heterocycles. The van der Waals surface area contributed by atoms with Crippen molar-refractivity contribution in [3.63, 3.8) is 0 Å². The van der Waals surface area contributed by atoms with E-state index in [0.29, 0.717) is 0 Å². The van der Waals surface area contributed by atoms with Gasteiger partial charge >= 0.3 is 0 Å². The highest BCUT2D eigenvalue weighted by atomic mass is 35.5. The first kappa shape index (κ1) is 11.5. The lowest BCUT2D eigenvalue weighted by Gasteiger charge is -2.04. The van der Waals surface area contributed by atoms with Crippen LogP contribution in [0.15, 0.2) is 0 Å². The molecule has 0 aliphatic rings. The van der Waals surface area contributed by atoms with Crippen LogP contribution in [0.2, 0.25) is 0 Å². The molecule has 5 heteroatoms. The first-order valence-electron chi connectivity index (χ1n) is 2.19. The van der Waals surface area contributed by atoms with Gasteiger partial charge in [0.05, 0.1) is 6.61 Å². The van der Waals surface area contributed by atoms with E-state index in [1.54, 1.807) is 0 Å². The second-order valence-electron chi connectivity index (χ2n) is 1.43. The Hall–Kier alpha value is -0.320. The Balaban J connectivity index is 0. The van der Waals surface area contributed by atoms with Gasteiger partial charge in [-0.25, -0.2) is 0 Å². The topological polar surface area (TPSA) is 79.3 Å². The Morgan fingerprint density at radius 3 is 2.44 bits per heavy atom. The fourth-order valence-electron chi connectivity index (χ4n) is 0.248. The highest BCUT2D eigenvalue weighted by molar-refractivity contribution is 5.85. The van der Waals surface area contributed by atoms with Crippen molar-refractivity contribution in [2.24, 2.45) is 5.73 Å². The number of hydrogen-bond donors (Lipinski definition) is 3. The van der Waals surface area contributed by atoms with Gasteiger partial charge in [0.15, 0.2) is 0 Å². The van der Waals surface area contributed by atoms with Crippen LogP contribution in [0.1, 0.15) is 0 Å². The minimum Gasteiger partial charge on any atom is -0.385 e. The molecule has 0 bridgehead atoms.